The van der Waals surface area contributed by atoms with Gasteiger partial charge in [-0.2, -0.15) is 0 Å². The maximum absolute atomic E-state index is 9.39. The number of rotatable bonds is 2. The molecule has 0 aromatic rings. The van der Waals surface area contributed by atoms with Crippen LogP contribution in [0.3, 0.4) is 0 Å². The molecule has 1 rings (SSSR count). The highest BCUT2D eigenvalue weighted by Gasteiger charge is 2.28. The van der Waals surface area contributed by atoms with E-state index in [-0.39, 0.29) is 11.5 Å². The van der Waals surface area contributed by atoms with E-state index in [0.29, 0.717) is 5.41 Å². The lowest BCUT2D eigenvalue weighted by Crippen LogP contribution is -2.23. The van der Waals surface area contributed by atoms with Crippen LogP contribution in [-0.4, -0.2) is 11.2 Å². The fourth-order valence-corrected chi connectivity index (χ4v) is 2.54. The molecule has 0 spiro atoms. The summed E-state index contributed by atoms with van der Waals surface area (Å²) in [4.78, 5) is 0. The molecule has 1 aliphatic rings. The van der Waals surface area contributed by atoms with Crippen molar-refractivity contribution in [3.63, 3.8) is 0 Å². The minimum atomic E-state index is -0.279. The van der Waals surface area contributed by atoms with Crippen LogP contribution in [0.15, 0.2) is 23.8 Å². The fraction of sp³-hybridized carbons (Fsp3) is 0.714. The normalized spacial score (nSPS) is 22.8. The largest absolute Gasteiger partial charge is 0.389 e. The van der Waals surface area contributed by atoms with E-state index in [1.54, 1.807) is 0 Å². The second kappa shape index (κ2) is 4.13. The van der Waals surface area contributed by atoms with Gasteiger partial charge >= 0.3 is 0 Å². The van der Waals surface area contributed by atoms with Crippen LogP contribution < -0.4 is 0 Å². The summed E-state index contributed by atoms with van der Waals surface area (Å²) < 4.78 is 0. The molecule has 1 nitrogen and oxygen atoms in total. The SMILES string of the molecule is CC(C)(C)CC(C)(C)C1=CCC(O)C=C1. The zero-order valence-electron chi connectivity index (χ0n) is 10.7. The van der Waals surface area contributed by atoms with Crippen molar-refractivity contribution in [3.8, 4) is 0 Å². The summed E-state index contributed by atoms with van der Waals surface area (Å²) in [6.07, 6.45) is 7.81. The fourth-order valence-electron chi connectivity index (χ4n) is 2.54. The highest BCUT2D eigenvalue weighted by atomic mass is 16.3. The minimum absolute atomic E-state index is 0.203. The Hall–Kier alpha value is -0.560. The van der Waals surface area contributed by atoms with Crippen molar-refractivity contribution in [3.05, 3.63) is 23.8 Å². The molecular weight excluding hydrogens is 184 g/mol. The second-order valence-corrected chi connectivity index (χ2v) is 6.44. The van der Waals surface area contributed by atoms with E-state index < -0.39 is 0 Å². The highest BCUT2D eigenvalue weighted by Crippen LogP contribution is 2.40. The van der Waals surface area contributed by atoms with E-state index in [0.717, 1.165) is 12.8 Å². The van der Waals surface area contributed by atoms with Gasteiger partial charge in [-0.05, 0) is 29.2 Å². The van der Waals surface area contributed by atoms with Crippen molar-refractivity contribution in [1.82, 2.24) is 0 Å². The third kappa shape index (κ3) is 3.83. The summed E-state index contributed by atoms with van der Waals surface area (Å²) in [5.74, 6) is 0. The Kier molecular flexibility index (Phi) is 3.44. The van der Waals surface area contributed by atoms with E-state index in [1.807, 2.05) is 6.08 Å². The van der Waals surface area contributed by atoms with Gasteiger partial charge in [0.15, 0.2) is 0 Å². The van der Waals surface area contributed by atoms with Gasteiger partial charge in [0, 0.05) is 0 Å². The molecule has 0 amide bonds. The second-order valence-electron chi connectivity index (χ2n) is 6.44. The summed E-state index contributed by atoms with van der Waals surface area (Å²) in [5, 5.41) is 9.39. The number of aliphatic hydroxyl groups is 1. The van der Waals surface area contributed by atoms with Gasteiger partial charge < -0.3 is 5.11 Å². The average molecular weight is 208 g/mol. The van der Waals surface area contributed by atoms with E-state index in [9.17, 15) is 5.11 Å². The van der Waals surface area contributed by atoms with Gasteiger partial charge in [0.25, 0.3) is 0 Å². The third-order valence-corrected chi connectivity index (χ3v) is 2.83. The van der Waals surface area contributed by atoms with Gasteiger partial charge in [-0.25, -0.2) is 0 Å². The molecule has 1 N–H and O–H groups in total. The van der Waals surface area contributed by atoms with E-state index in [4.69, 9.17) is 0 Å². The lowest BCUT2D eigenvalue weighted by atomic mass is 9.71. The molecule has 0 aromatic heterocycles. The first-order chi connectivity index (χ1) is 6.71. The first-order valence-corrected chi connectivity index (χ1v) is 5.78. The van der Waals surface area contributed by atoms with Crippen molar-refractivity contribution in [1.29, 1.82) is 0 Å². The van der Waals surface area contributed by atoms with Crippen LogP contribution in [0.25, 0.3) is 0 Å². The van der Waals surface area contributed by atoms with Gasteiger partial charge in [0.1, 0.15) is 0 Å². The van der Waals surface area contributed by atoms with Gasteiger partial charge in [-0.1, -0.05) is 52.8 Å². The Labute approximate surface area is 93.9 Å². The van der Waals surface area contributed by atoms with E-state index in [1.165, 1.54) is 5.57 Å². The Balaban J connectivity index is 2.75. The van der Waals surface area contributed by atoms with Crippen molar-refractivity contribution < 1.29 is 5.11 Å². The molecule has 86 valence electrons. The molecule has 0 saturated carbocycles. The molecule has 0 heterocycles. The predicted octanol–water partition coefficient (Wildman–Crippen LogP) is 3.70. The van der Waals surface area contributed by atoms with Gasteiger partial charge in [-0.3, -0.25) is 0 Å². The number of hydrogen-bond acceptors (Lipinski definition) is 1. The molecule has 1 unspecified atom stereocenters. The van der Waals surface area contributed by atoms with Gasteiger partial charge in [0.2, 0.25) is 0 Å². The Morgan fingerprint density at radius 1 is 1.27 bits per heavy atom. The van der Waals surface area contributed by atoms with Crippen molar-refractivity contribution in [2.75, 3.05) is 0 Å². The smallest absolute Gasteiger partial charge is 0.0758 e. The minimum Gasteiger partial charge on any atom is -0.389 e. The van der Waals surface area contributed by atoms with Gasteiger partial charge in [-0.15, -0.1) is 0 Å². The molecule has 0 fully saturated rings. The van der Waals surface area contributed by atoms with Crippen molar-refractivity contribution in [2.24, 2.45) is 10.8 Å². The molecule has 0 radical (unpaired) electrons. The molecule has 0 bridgehead atoms. The highest BCUT2D eigenvalue weighted by molar-refractivity contribution is 5.30. The number of aliphatic hydroxyl groups excluding tert-OH is 1. The zero-order chi connectivity index (χ0) is 11.7. The lowest BCUT2D eigenvalue weighted by molar-refractivity contribution is 0.219. The Bertz CT molecular complexity index is 276. The third-order valence-electron chi connectivity index (χ3n) is 2.83. The van der Waals surface area contributed by atoms with Crippen LogP contribution in [0.2, 0.25) is 0 Å². The average Bonchev–Trinajstić information content (AvgIpc) is 2.00. The van der Waals surface area contributed by atoms with Crippen LogP contribution in [0.1, 0.15) is 47.5 Å². The van der Waals surface area contributed by atoms with Crippen LogP contribution in [-0.2, 0) is 0 Å². The van der Waals surface area contributed by atoms with Crippen LogP contribution in [0.4, 0.5) is 0 Å². The first kappa shape index (κ1) is 12.5. The van der Waals surface area contributed by atoms with E-state index >= 15 is 0 Å². The summed E-state index contributed by atoms with van der Waals surface area (Å²) in [7, 11) is 0. The van der Waals surface area contributed by atoms with Gasteiger partial charge in [0.05, 0.1) is 6.10 Å². The summed E-state index contributed by atoms with van der Waals surface area (Å²) in [6, 6.07) is 0. The summed E-state index contributed by atoms with van der Waals surface area (Å²) in [6.45, 7) is 11.4. The van der Waals surface area contributed by atoms with Crippen molar-refractivity contribution >= 4 is 0 Å². The molecule has 0 aromatic carbocycles. The van der Waals surface area contributed by atoms with Crippen LogP contribution in [0.5, 0.6) is 0 Å². The molecule has 1 heteroatoms. The lowest BCUT2D eigenvalue weighted by Gasteiger charge is -2.34. The first-order valence-electron chi connectivity index (χ1n) is 5.78. The van der Waals surface area contributed by atoms with E-state index in [2.05, 4.69) is 46.8 Å². The standard InChI is InChI=1S/C14H24O/c1-13(2,3)10-14(4,5)11-6-8-12(15)9-7-11/h6-8,12,15H,9-10H2,1-5H3. The van der Waals surface area contributed by atoms with Crippen LogP contribution >= 0.6 is 0 Å². The van der Waals surface area contributed by atoms with Crippen molar-refractivity contribution in [2.45, 2.75) is 53.6 Å². The predicted molar refractivity (Wildman–Crippen MR) is 65.7 cm³/mol. The maximum atomic E-state index is 9.39. The quantitative estimate of drug-likeness (QED) is 0.733. The Morgan fingerprint density at radius 2 is 1.87 bits per heavy atom. The monoisotopic (exact) mass is 208 g/mol. The Morgan fingerprint density at radius 3 is 2.27 bits per heavy atom. The molecule has 0 aliphatic heterocycles. The number of allylic oxidation sites excluding steroid dienone is 2. The van der Waals surface area contributed by atoms with Crippen LogP contribution in [0, 0.1) is 10.8 Å². The zero-order valence-corrected chi connectivity index (χ0v) is 10.7. The maximum Gasteiger partial charge on any atom is 0.0758 e. The molecule has 0 saturated heterocycles. The molecule has 1 aliphatic carbocycles. The molecular formula is C14H24O. The molecule has 1 atom stereocenters. The summed E-state index contributed by atoms with van der Waals surface area (Å²) in [5.41, 5.74) is 1.91. The summed E-state index contributed by atoms with van der Waals surface area (Å²) >= 11 is 0. The molecule has 15 heavy (non-hydrogen) atoms. The number of hydrogen-bond donors (Lipinski definition) is 1. The topological polar surface area (TPSA) is 20.2 Å².